The fourth-order valence-electron chi connectivity index (χ4n) is 3.22. The van der Waals surface area contributed by atoms with Crippen LogP contribution in [0.3, 0.4) is 0 Å². The molecular formula is C18H32OSi. The molecule has 0 unspecified atom stereocenters. The number of Topliss-reactive ketones (excluding diaryl/α,β-unsaturated/α-hetero) is 1. The lowest BCUT2D eigenvalue weighted by atomic mass is 9.62. The minimum absolute atomic E-state index is 0.116. The van der Waals surface area contributed by atoms with Gasteiger partial charge in [-0.15, -0.1) is 11.5 Å². The Bertz CT molecular complexity index is 403. The van der Waals surface area contributed by atoms with E-state index in [1.165, 1.54) is 0 Å². The van der Waals surface area contributed by atoms with Gasteiger partial charge >= 0.3 is 0 Å². The lowest BCUT2D eigenvalue weighted by molar-refractivity contribution is -0.134. The van der Waals surface area contributed by atoms with E-state index in [1.54, 1.807) is 0 Å². The minimum Gasteiger partial charge on any atom is -0.299 e. The summed E-state index contributed by atoms with van der Waals surface area (Å²) in [6, 6.07) is 0. The summed E-state index contributed by atoms with van der Waals surface area (Å²) < 4.78 is 0. The zero-order valence-corrected chi connectivity index (χ0v) is 15.5. The van der Waals surface area contributed by atoms with Crippen molar-refractivity contribution in [1.29, 1.82) is 0 Å². The Hall–Kier alpha value is -0.553. The molecule has 1 fully saturated rings. The molecule has 0 saturated heterocycles. The Kier molecular flexibility index (Phi) is 5.67. The van der Waals surface area contributed by atoms with Crippen molar-refractivity contribution in [3.05, 3.63) is 0 Å². The van der Waals surface area contributed by atoms with Crippen LogP contribution in [0.25, 0.3) is 0 Å². The van der Waals surface area contributed by atoms with Crippen molar-refractivity contribution < 1.29 is 4.79 Å². The quantitative estimate of drug-likeness (QED) is 0.533. The maximum Gasteiger partial charge on any atom is 0.138 e. The van der Waals surface area contributed by atoms with Crippen LogP contribution < -0.4 is 0 Å². The third-order valence-electron chi connectivity index (χ3n) is 4.51. The average molecular weight is 293 g/mol. The van der Waals surface area contributed by atoms with E-state index in [9.17, 15) is 4.79 Å². The highest BCUT2D eigenvalue weighted by atomic mass is 28.3. The number of hydrogen-bond donors (Lipinski definition) is 0. The first-order valence-electron chi connectivity index (χ1n) is 8.06. The Morgan fingerprint density at radius 3 is 2.40 bits per heavy atom. The predicted molar refractivity (Wildman–Crippen MR) is 90.2 cm³/mol. The monoisotopic (exact) mass is 292 g/mol. The molecule has 0 heterocycles. The van der Waals surface area contributed by atoms with Crippen LogP contribution in [0.15, 0.2) is 0 Å². The molecule has 2 atom stereocenters. The summed E-state index contributed by atoms with van der Waals surface area (Å²) in [5.41, 5.74) is 3.32. The average Bonchev–Trinajstić information content (AvgIpc) is 2.27. The summed E-state index contributed by atoms with van der Waals surface area (Å²) in [5, 5.41) is 0. The van der Waals surface area contributed by atoms with Gasteiger partial charge in [0, 0.05) is 18.3 Å². The molecule has 1 aliphatic rings. The number of hydrogen-bond acceptors (Lipinski definition) is 1. The van der Waals surface area contributed by atoms with Crippen LogP contribution in [0, 0.1) is 34.6 Å². The molecule has 0 spiro atoms. The highest BCUT2D eigenvalue weighted by Gasteiger charge is 2.41. The Morgan fingerprint density at radius 2 is 1.90 bits per heavy atom. The molecule has 0 N–H and O–H groups in total. The van der Waals surface area contributed by atoms with E-state index in [0.29, 0.717) is 23.5 Å². The van der Waals surface area contributed by atoms with Crippen molar-refractivity contribution in [3.8, 4) is 11.5 Å². The smallest absolute Gasteiger partial charge is 0.138 e. The molecule has 0 aromatic heterocycles. The van der Waals surface area contributed by atoms with Crippen molar-refractivity contribution in [3.63, 3.8) is 0 Å². The van der Waals surface area contributed by atoms with Gasteiger partial charge in [0.05, 0.1) is 0 Å². The van der Waals surface area contributed by atoms with Gasteiger partial charge in [0.15, 0.2) is 0 Å². The summed E-state index contributed by atoms with van der Waals surface area (Å²) in [5.74, 6) is 5.71. The van der Waals surface area contributed by atoms with Crippen LogP contribution in [-0.2, 0) is 4.79 Å². The molecule has 0 aliphatic heterocycles. The van der Waals surface area contributed by atoms with E-state index in [2.05, 4.69) is 58.8 Å². The Morgan fingerprint density at radius 1 is 1.30 bits per heavy atom. The topological polar surface area (TPSA) is 17.1 Å². The molecule has 0 aromatic carbocycles. The van der Waals surface area contributed by atoms with Gasteiger partial charge in [-0.05, 0) is 30.6 Å². The fourth-order valence-corrected chi connectivity index (χ4v) is 3.87. The number of rotatable bonds is 3. The molecule has 0 radical (unpaired) electrons. The van der Waals surface area contributed by atoms with Gasteiger partial charge in [-0.1, -0.05) is 47.3 Å². The van der Waals surface area contributed by atoms with Crippen molar-refractivity contribution in [1.82, 2.24) is 0 Å². The molecule has 20 heavy (non-hydrogen) atoms. The molecule has 1 rings (SSSR count). The van der Waals surface area contributed by atoms with Gasteiger partial charge in [0.25, 0.3) is 0 Å². The van der Waals surface area contributed by atoms with Gasteiger partial charge in [0.1, 0.15) is 13.9 Å². The van der Waals surface area contributed by atoms with Crippen molar-refractivity contribution >= 4 is 13.9 Å². The van der Waals surface area contributed by atoms with E-state index in [-0.39, 0.29) is 5.41 Å². The molecule has 1 aliphatic carbocycles. The largest absolute Gasteiger partial charge is 0.299 e. The lowest BCUT2D eigenvalue weighted by Crippen LogP contribution is -2.39. The minimum atomic E-state index is -1.25. The zero-order chi connectivity index (χ0) is 15.6. The Balaban J connectivity index is 2.67. The van der Waals surface area contributed by atoms with Crippen LogP contribution in [0.4, 0.5) is 0 Å². The summed E-state index contributed by atoms with van der Waals surface area (Å²) in [6.45, 7) is 15.7. The summed E-state index contributed by atoms with van der Waals surface area (Å²) in [4.78, 5) is 12.3. The van der Waals surface area contributed by atoms with Gasteiger partial charge in [-0.2, -0.15) is 0 Å². The SMILES string of the molecule is CC(C)[C@H]1CC(C)(C)C(=O)C[C@H]1CCC#C[Si](C)(C)C. The first-order valence-corrected chi connectivity index (χ1v) is 11.6. The second kappa shape index (κ2) is 6.48. The normalized spacial score (nSPS) is 26.3. The van der Waals surface area contributed by atoms with Crippen LogP contribution in [0.5, 0.6) is 0 Å². The van der Waals surface area contributed by atoms with Crippen LogP contribution in [0.2, 0.25) is 19.6 Å². The summed E-state index contributed by atoms with van der Waals surface area (Å²) in [7, 11) is -1.25. The number of carbonyl (C=O) groups is 1. The molecule has 0 amide bonds. The third kappa shape index (κ3) is 5.09. The number of ketones is 1. The van der Waals surface area contributed by atoms with Gasteiger partial charge in [0.2, 0.25) is 0 Å². The summed E-state index contributed by atoms with van der Waals surface area (Å²) >= 11 is 0. The maximum atomic E-state index is 12.3. The van der Waals surface area contributed by atoms with E-state index in [4.69, 9.17) is 0 Å². The predicted octanol–water partition coefficient (Wildman–Crippen LogP) is 4.92. The van der Waals surface area contributed by atoms with E-state index >= 15 is 0 Å². The molecule has 1 nitrogen and oxygen atoms in total. The van der Waals surface area contributed by atoms with Crippen LogP contribution in [-0.4, -0.2) is 13.9 Å². The lowest BCUT2D eigenvalue weighted by Gasteiger charge is -2.41. The molecule has 0 bridgehead atoms. The van der Waals surface area contributed by atoms with E-state index < -0.39 is 8.07 Å². The van der Waals surface area contributed by atoms with Crippen LogP contribution >= 0.6 is 0 Å². The maximum absolute atomic E-state index is 12.3. The molecular weight excluding hydrogens is 260 g/mol. The van der Waals surface area contributed by atoms with E-state index in [0.717, 1.165) is 25.7 Å². The zero-order valence-electron chi connectivity index (χ0n) is 14.5. The van der Waals surface area contributed by atoms with Gasteiger partial charge < -0.3 is 0 Å². The fraction of sp³-hybridized carbons (Fsp3) is 0.833. The van der Waals surface area contributed by atoms with Crippen molar-refractivity contribution in [2.24, 2.45) is 23.2 Å². The standard InChI is InChI=1S/C18H32OSi/c1-14(2)16-13-18(3,4)17(19)12-15(16)10-8-9-11-20(5,6)7/h14-16H,8,10,12-13H2,1-7H3/t15-,16-/m1/s1. The number of carbonyl (C=O) groups excluding carboxylic acids is 1. The third-order valence-corrected chi connectivity index (χ3v) is 5.44. The summed E-state index contributed by atoms with van der Waals surface area (Å²) in [6.07, 6.45) is 3.88. The van der Waals surface area contributed by atoms with E-state index in [1.807, 2.05) is 0 Å². The van der Waals surface area contributed by atoms with Gasteiger partial charge in [-0.3, -0.25) is 4.79 Å². The molecule has 114 valence electrons. The molecule has 1 saturated carbocycles. The highest BCUT2D eigenvalue weighted by molar-refractivity contribution is 6.83. The van der Waals surface area contributed by atoms with Crippen molar-refractivity contribution in [2.75, 3.05) is 0 Å². The highest BCUT2D eigenvalue weighted by Crippen LogP contribution is 2.44. The van der Waals surface area contributed by atoms with Gasteiger partial charge in [-0.25, -0.2) is 0 Å². The van der Waals surface area contributed by atoms with Crippen molar-refractivity contribution in [2.45, 2.75) is 73.0 Å². The first kappa shape index (κ1) is 17.5. The second-order valence-corrected chi connectivity index (χ2v) is 13.2. The second-order valence-electron chi connectivity index (χ2n) is 8.47. The molecule has 2 heteroatoms. The first-order chi connectivity index (χ1) is 9.03. The molecule has 0 aromatic rings. The Labute approximate surface area is 126 Å². The van der Waals surface area contributed by atoms with Crippen LogP contribution in [0.1, 0.15) is 53.4 Å².